The number of ketones is 1. The number of aromatic nitrogens is 2. The molecule has 0 saturated carbocycles. The van der Waals surface area contributed by atoms with Crippen LogP contribution in [0.3, 0.4) is 0 Å². The number of carbonyl (C=O) groups excluding carboxylic acids is 2. The highest BCUT2D eigenvalue weighted by Crippen LogP contribution is 2.40. The first-order valence-corrected chi connectivity index (χ1v) is 11.1. The van der Waals surface area contributed by atoms with Crippen LogP contribution in [0.5, 0.6) is 5.75 Å². The van der Waals surface area contributed by atoms with Gasteiger partial charge >= 0.3 is 0 Å². The summed E-state index contributed by atoms with van der Waals surface area (Å²) in [5.41, 5.74) is 2.31. The van der Waals surface area contributed by atoms with Crippen LogP contribution < -0.4 is 9.64 Å². The summed E-state index contributed by atoms with van der Waals surface area (Å²) in [5.74, 6) is -0.854. The van der Waals surface area contributed by atoms with Crippen LogP contribution in [-0.4, -0.2) is 59.0 Å². The number of aliphatic hydroxyl groups excluding tert-OH is 1. The van der Waals surface area contributed by atoms with Crippen molar-refractivity contribution in [1.29, 1.82) is 0 Å². The summed E-state index contributed by atoms with van der Waals surface area (Å²) in [5, 5.41) is 11.2. The van der Waals surface area contributed by atoms with Crippen molar-refractivity contribution in [1.82, 2.24) is 14.5 Å². The number of ether oxygens (including phenoxy) is 1. The van der Waals surface area contributed by atoms with Crippen LogP contribution in [0.1, 0.15) is 23.6 Å². The van der Waals surface area contributed by atoms with E-state index in [9.17, 15) is 14.7 Å². The van der Waals surface area contributed by atoms with E-state index in [1.807, 2.05) is 54.0 Å². The summed E-state index contributed by atoms with van der Waals surface area (Å²) in [4.78, 5) is 33.8. The molecule has 2 aromatic carbocycles. The smallest absolute Gasteiger partial charge is 0.295 e. The predicted octanol–water partition coefficient (Wildman–Crippen LogP) is 3.47. The summed E-state index contributed by atoms with van der Waals surface area (Å²) in [6.07, 6.45) is 5.91. The molecular weight excluding hydrogens is 432 g/mol. The Labute approximate surface area is 198 Å². The van der Waals surface area contributed by atoms with E-state index in [-0.39, 0.29) is 11.3 Å². The lowest BCUT2D eigenvalue weighted by molar-refractivity contribution is -0.139. The number of likely N-dealkylation sites (tertiary alicyclic amines) is 1. The average molecular weight is 461 g/mol. The van der Waals surface area contributed by atoms with Gasteiger partial charge in [-0.1, -0.05) is 12.1 Å². The van der Waals surface area contributed by atoms with Crippen molar-refractivity contribution in [3.63, 3.8) is 0 Å². The largest absolute Gasteiger partial charge is 0.507 e. The first kappa shape index (κ1) is 23.1. The van der Waals surface area contributed by atoms with Gasteiger partial charge in [0, 0.05) is 50.8 Å². The third-order valence-corrected chi connectivity index (χ3v) is 6.00. The molecule has 1 aliphatic heterocycles. The van der Waals surface area contributed by atoms with E-state index < -0.39 is 17.7 Å². The second-order valence-corrected chi connectivity index (χ2v) is 8.36. The van der Waals surface area contributed by atoms with Gasteiger partial charge in [0.2, 0.25) is 0 Å². The third-order valence-electron chi connectivity index (χ3n) is 6.00. The summed E-state index contributed by atoms with van der Waals surface area (Å²) >= 11 is 0. The number of carbonyl (C=O) groups is 2. The SMILES string of the molecule is COc1ccc(/C(O)=C2\C(=O)C(=O)N(CCCn3ccnc3)[C@@H]2c2ccc(N(C)C)cc2)cc1. The van der Waals surface area contributed by atoms with Crippen LogP contribution in [-0.2, 0) is 16.1 Å². The van der Waals surface area contributed by atoms with Crippen molar-refractivity contribution in [2.45, 2.75) is 19.0 Å². The minimum atomic E-state index is -0.683. The van der Waals surface area contributed by atoms with Gasteiger partial charge in [-0.25, -0.2) is 4.98 Å². The molecule has 34 heavy (non-hydrogen) atoms. The molecule has 0 unspecified atom stereocenters. The van der Waals surface area contributed by atoms with E-state index in [0.29, 0.717) is 30.8 Å². The summed E-state index contributed by atoms with van der Waals surface area (Å²) in [6, 6.07) is 13.8. The van der Waals surface area contributed by atoms with Gasteiger partial charge in [-0.05, 0) is 48.4 Å². The molecule has 0 bridgehead atoms. The number of amides is 1. The number of Topliss-reactive ketones (excluding diaryl/α,β-unsaturated/α-hetero) is 1. The number of hydrogen-bond acceptors (Lipinski definition) is 6. The standard InChI is InChI=1S/C26H28N4O4/c1-28(2)20-9-5-18(6-10-20)23-22(24(31)19-7-11-21(34-3)12-8-19)25(32)26(33)30(23)15-4-14-29-16-13-27-17-29/h5-13,16-17,23,31H,4,14-15H2,1-3H3/b24-22+/t23-/m1/s1. The van der Waals surface area contributed by atoms with E-state index in [4.69, 9.17) is 4.74 Å². The Balaban J connectivity index is 1.72. The van der Waals surface area contributed by atoms with Crippen LogP contribution in [0.2, 0.25) is 0 Å². The minimum Gasteiger partial charge on any atom is -0.507 e. The highest BCUT2D eigenvalue weighted by atomic mass is 16.5. The van der Waals surface area contributed by atoms with Crippen molar-refractivity contribution in [2.24, 2.45) is 0 Å². The van der Waals surface area contributed by atoms with Crippen LogP contribution in [0.4, 0.5) is 5.69 Å². The maximum atomic E-state index is 13.1. The van der Waals surface area contributed by atoms with Gasteiger partial charge in [0.25, 0.3) is 11.7 Å². The van der Waals surface area contributed by atoms with E-state index in [0.717, 1.165) is 11.3 Å². The molecule has 1 N–H and O–H groups in total. The van der Waals surface area contributed by atoms with Gasteiger partial charge in [0.05, 0.1) is 25.1 Å². The maximum absolute atomic E-state index is 13.1. The molecule has 1 saturated heterocycles. The Morgan fingerprint density at radius 1 is 1.06 bits per heavy atom. The molecule has 2 heterocycles. The fourth-order valence-corrected chi connectivity index (χ4v) is 4.16. The summed E-state index contributed by atoms with van der Waals surface area (Å²) < 4.78 is 7.11. The molecule has 8 heteroatoms. The number of benzene rings is 2. The van der Waals surface area contributed by atoms with E-state index >= 15 is 0 Å². The van der Waals surface area contributed by atoms with Crippen LogP contribution >= 0.6 is 0 Å². The van der Waals surface area contributed by atoms with Crippen molar-refractivity contribution in [2.75, 3.05) is 32.6 Å². The molecule has 176 valence electrons. The van der Waals surface area contributed by atoms with Gasteiger partial charge in [0.15, 0.2) is 0 Å². The van der Waals surface area contributed by atoms with Crippen LogP contribution in [0, 0.1) is 0 Å². The monoisotopic (exact) mass is 460 g/mol. The Hall–Kier alpha value is -4.07. The zero-order valence-electron chi connectivity index (χ0n) is 19.5. The second-order valence-electron chi connectivity index (χ2n) is 8.36. The van der Waals surface area contributed by atoms with Crippen molar-refractivity contribution in [3.8, 4) is 5.75 Å². The minimum absolute atomic E-state index is 0.0930. The molecular formula is C26H28N4O4. The number of rotatable bonds is 8. The summed E-state index contributed by atoms with van der Waals surface area (Å²) in [6.45, 7) is 1.02. The fraction of sp³-hybridized carbons (Fsp3) is 0.269. The van der Waals surface area contributed by atoms with Gasteiger partial charge in [0.1, 0.15) is 11.5 Å². The molecule has 8 nitrogen and oxygen atoms in total. The zero-order chi connectivity index (χ0) is 24.2. The predicted molar refractivity (Wildman–Crippen MR) is 130 cm³/mol. The molecule has 1 aliphatic rings. The third kappa shape index (κ3) is 4.52. The zero-order valence-corrected chi connectivity index (χ0v) is 19.5. The van der Waals surface area contributed by atoms with Gasteiger partial charge in [-0.2, -0.15) is 0 Å². The number of nitrogens with zero attached hydrogens (tertiary/aromatic N) is 4. The topological polar surface area (TPSA) is 87.9 Å². The molecule has 1 amide bonds. The van der Waals surface area contributed by atoms with E-state index in [2.05, 4.69) is 4.98 Å². The lowest BCUT2D eigenvalue weighted by Crippen LogP contribution is -2.31. The van der Waals surface area contributed by atoms with Gasteiger partial charge in [-0.15, -0.1) is 0 Å². The number of imidazole rings is 1. The molecule has 1 atom stereocenters. The molecule has 0 spiro atoms. The van der Waals surface area contributed by atoms with E-state index in [1.54, 1.807) is 48.8 Å². The van der Waals surface area contributed by atoms with Crippen molar-refractivity contribution < 1.29 is 19.4 Å². The number of aryl methyl sites for hydroxylation is 1. The highest BCUT2D eigenvalue weighted by molar-refractivity contribution is 6.46. The maximum Gasteiger partial charge on any atom is 0.295 e. The Bertz CT molecular complexity index is 1180. The van der Waals surface area contributed by atoms with Crippen molar-refractivity contribution >= 4 is 23.1 Å². The van der Waals surface area contributed by atoms with Gasteiger partial charge in [-0.3, -0.25) is 9.59 Å². The molecule has 3 aromatic rings. The van der Waals surface area contributed by atoms with Gasteiger partial charge < -0.3 is 24.2 Å². The van der Waals surface area contributed by atoms with E-state index in [1.165, 1.54) is 0 Å². The van der Waals surface area contributed by atoms with Crippen LogP contribution in [0.25, 0.3) is 5.76 Å². The molecule has 4 rings (SSSR count). The Morgan fingerprint density at radius 2 is 1.76 bits per heavy atom. The number of methoxy groups -OCH3 is 1. The lowest BCUT2D eigenvalue weighted by atomic mass is 9.95. The first-order chi connectivity index (χ1) is 16.4. The molecule has 0 radical (unpaired) electrons. The first-order valence-electron chi connectivity index (χ1n) is 11.1. The van der Waals surface area contributed by atoms with Crippen LogP contribution in [0.15, 0.2) is 72.8 Å². The van der Waals surface area contributed by atoms with Crippen molar-refractivity contribution in [3.05, 3.63) is 84.0 Å². The Morgan fingerprint density at radius 3 is 2.35 bits per heavy atom. The average Bonchev–Trinajstić information content (AvgIpc) is 3.46. The highest BCUT2D eigenvalue weighted by Gasteiger charge is 2.45. The Kier molecular flexibility index (Phi) is 6.67. The number of anilines is 1. The normalized spacial score (nSPS) is 17.3. The molecule has 0 aliphatic carbocycles. The molecule has 1 fully saturated rings. The second kappa shape index (κ2) is 9.82. The lowest BCUT2D eigenvalue weighted by Gasteiger charge is -2.26. The number of hydrogen-bond donors (Lipinski definition) is 1. The number of aliphatic hydroxyl groups is 1. The quantitative estimate of drug-likeness (QED) is 0.315. The fourth-order valence-electron chi connectivity index (χ4n) is 4.16. The summed E-state index contributed by atoms with van der Waals surface area (Å²) in [7, 11) is 5.45. The molecule has 1 aromatic heterocycles.